The normalized spacial score (nSPS) is 25.6. The van der Waals surface area contributed by atoms with Crippen molar-refractivity contribution in [1.29, 1.82) is 0 Å². The summed E-state index contributed by atoms with van der Waals surface area (Å²) in [4.78, 5) is 25.8. The van der Waals surface area contributed by atoms with Gasteiger partial charge in [-0.1, -0.05) is 13.8 Å². The summed E-state index contributed by atoms with van der Waals surface area (Å²) >= 11 is 0. The first-order valence-corrected chi connectivity index (χ1v) is 8.15. The minimum Gasteiger partial charge on any atom is -0.373 e. The van der Waals surface area contributed by atoms with Crippen LogP contribution in [-0.4, -0.2) is 60.6 Å². The molecule has 0 saturated carbocycles. The fraction of sp³-hybridized carbons (Fsp3) is 0.875. The standard InChI is InChI=1S/C16H31N3O3/c1-10(2)15(18-14(6)20)16(21)17-7-11(3)19-8-12(4)22-13(5)9-19/h10-13,15H,7-9H2,1-6H3,(H,17,21)(H,18,20). The third-order valence-corrected chi connectivity index (χ3v) is 3.95. The van der Waals surface area contributed by atoms with Gasteiger partial charge in [0.05, 0.1) is 12.2 Å². The maximum absolute atomic E-state index is 12.3. The van der Waals surface area contributed by atoms with Crippen molar-refractivity contribution in [1.82, 2.24) is 15.5 Å². The Hall–Kier alpha value is -1.14. The van der Waals surface area contributed by atoms with Gasteiger partial charge in [0.2, 0.25) is 11.8 Å². The second kappa shape index (κ2) is 8.48. The van der Waals surface area contributed by atoms with Crippen LogP contribution in [0, 0.1) is 5.92 Å². The van der Waals surface area contributed by atoms with Crippen molar-refractivity contribution in [2.45, 2.75) is 65.8 Å². The van der Waals surface area contributed by atoms with Crippen LogP contribution >= 0.6 is 0 Å². The quantitative estimate of drug-likeness (QED) is 0.759. The maximum Gasteiger partial charge on any atom is 0.242 e. The molecule has 1 saturated heterocycles. The highest BCUT2D eigenvalue weighted by molar-refractivity contribution is 5.87. The van der Waals surface area contributed by atoms with Crippen LogP contribution in [0.1, 0.15) is 41.5 Å². The van der Waals surface area contributed by atoms with E-state index >= 15 is 0 Å². The zero-order chi connectivity index (χ0) is 16.9. The molecule has 0 aromatic carbocycles. The second-order valence-electron chi connectivity index (χ2n) is 6.73. The van der Waals surface area contributed by atoms with Gasteiger partial charge >= 0.3 is 0 Å². The number of nitrogens with one attached hydrogen (secondary N) is 2. The lowest BCUT2D eigenvalue weighted by Gasteiger charge is -2.39. The minimum absolute atomic E-state index is 0.0580. The Kier molecular flexibility index (Phi) is 7.29. The SMILES string of the molecule is CC(=O)NC(C(=O)NCC(C)N1CC(C)OC(C)C1)C(C)C. The lowest BCUT2D eigenvalue weighted by Crippen LogP contribution is -2.55. The van der Waals surface area contributed by atoms with Crippen molar-refractivity contribution in [3.05, 3.63) is 0 Å². The predicted molar refractivity (Wildman–Crippen MR) is 86.5 cm³/mol. The summed E-state index contributed by atoms with van der Waals surface area (Å²) in [5.74, 6) is -0.244. The molecule has 1 rings (SSSR count). The Balaban J connectivity index is 2.49. The summed E-state index contributed by atoms with van der Waals surface area (Å²) in [6.45, 7) is 13.8. The van der Waals surface area contributed by atoms with Gasteiger partial charge in [-0.05, 0) is 26.7 Å². The lowest BCUT2D eigenvalue weighted by molar-refractivity contribution is -0.129. The highest BCUT2D eigenvalue weighted by atomic mass is 16.5. The summed E-state index contributed by atoms with van der Waals surface area (Å²) in [7, 11) is 0. The molecule has 6 heteroatoms. The first-order chi connectivity index (χ1) is 10.2. The highest BCUT2D eigenvalue weighted by Gasteiger charge is 2.27. The summed E-state index contributed by atoms with van der Waals surface area (Å²) in [5.41, 5.74) is 0. The fourth-order valence-electron chi connectivity index (χ4n) is 2.82. The molecule has 0 radical (unpaired) electrons. The van der Waals surface area contributed by atoms with Gasteiger partial charge in [-0.25, -0.2) is 0 Å². The molecule has 2 N–H and O–H groups in total. The topological polar surface area (TPSA) is 70.7 Å². The Bertz CT molecular complexity index is 377. The molecule has 2 amide bonds. The highest BCUT2D eigenvalue weighted by Crippen LogP contribution is 2.13. The molecule has 0 aliphatic carbocycles. The minimum atomic E-state index is -0.479. The molecule has 4 atom stereocenters. The number of carbonyl (C=O) groups is 2. The molecular formula is C16H31N3O3. The monoisotopic (exact) mass is 313 g/mol. The number of amides is 2. The van der Waals surface area contributed by atoms with Crippen LogP contribution in [0.2, 0.25) is 0 Å². The van der Waals surface area contributed by atoms with E-state index in [9.17, 15) is 9.59 Å². The van der Waals surface area contributed by atoms with E-state index < -0.39 is 6.04 Å². The van der Waals surface area contributed by atoms with E-state index in [-0.39, 0.29) is 36.0 Å². The van der Waals surface area contributed by atoms with Crippen molar-refractivity contribution in [3.8, 4) is 0 Å². The van der Waals surface area contributed by atoms with Crippen molar-refractivity contribution in [2.24, 2.45) is 5.92 Å². The average Bonchev–Trinajstić information content (AvgIpc) is 2.40. The molecule has 1 aliphatic rings. The lowest BCUT2D eigenvalue weighted by atomic mass is 10.0. The molecule has 0 bridgehead atoms. The molecule has 128 valence electrons. The third-order valence-electron chi connectivity index (χ3n) is 3.95. The molecule has 22 heavy (non-hydrogen) atoms. The predicted octanol–water partition coefficient (Wildman–Crippen LogP) is 0.761. The van der Waals surface area contributed by atoms with Crippen LogP contribution < -0.4 is 10.6 Å². The zero-order valence-electron chi connectivity index (χ0n) is 14.7. The van der Waals surface area contributed by atoms with Gasteiger partial charge in [0.15, 0.2) is 0 Å². The number of hydrogen-bond acceptors (Lipinski definition) is 4. The molecule has 1 aliphatic heterocycles. The molecule has 0 aromatic rings. The Morgan fingerprint density at radius 3 is 2.18 bits per heavy atom. The van der Waals surface area contributed by atoms with Crippen LogP contribution in [-0.2, 0) is 14.3 Å². The van der Waals surface area contributed by atoms with E-state index in [1.165, 1.54) is 6.92 Å². The average molecular weight is 313 g/mol. The van der Waals surface area contributed by atoms with Crippen molar-refractivity contribution in [3.63, 3.8) is 0 Å². The smallest absolute Gasteiger partial charge is 0.242 e. The fourth-order valence-corrected chi connectivity index (χ4v) is 2.82. The van der Waals surface area contributed by atoms with Crippen LogP contribution in [0.4, 0.5) is 0 Å². The van der Waals surface area contributed by atoms with Gasteiger partial charge in [0, 0.05) is 32.6 Å². The van der Waals surface area contributed by atoms with Gasteiger partial charge < -0.3 is 15.4 Å². The molecule has 6 nitrogen and oxygen atoms in total. The van der Waals surface area contributed by atoms with Crippen molar-refractivity contribution in [2.75, 3.05) is 19.6 Å². The first kappa shape index (κ1) is 18.9. The number of morpholine rings is 1. The summed E-state index contributed by atoms with van der Waals surface area (Å²) < 4.78 is 5.73. The van der Waals surface area contributed by atoms with Crippen molar-refractivity contribution >= 4 is 11.8 Å². The zero-order valence-corrected chi connectivity index (χ0v) is 14.7. The maximum atomic E-state index is 12.3. The van der Waals surface area contributed by atoms with E-state index in [1.54, 1.807) is 0 Å². The number of ether oxygens (including phenoxy) is 1. The van der Waals surface area contributed by atoms with E-state index in [0.717, 1.165) is 13.1 Å². The van der Waals surface area contributed by atoms with E-state index in [4.69, 9.17) is 4.74 Å². The summed E-state index contributed by atoms with van der Waals surface area (Å²) in [6, 6.07) is -0.241. The van der Waals surface area contributed by atoms with Crippen LogP contribution in [0.3, 0.4) is 0 Å². The molecule has 1 fully saturated rings. The first-order valence-electron chi connectivity index (χ1n) is 8.15. The van der Waals surface area contributed by atoms with Gasteiger partial charge in [0.1, 0.15) is 6.04 Å². The molecule has 1 heterocycles. The van der Waals surface area contributed by atoms with Gasteiger partial charge in [-0.3, -0.25) is 14.5 Å². The Labute approximate surface area is 134 Å². The van der Waals surface area contributed by atoms with Crippen LogP contribution in [0.5, 0.6) is 0 Å². The van der Waals surface area contributed by atoms with Gasteiger partial charge in [-0.2, -0.15) is 0 Å². The van der Waals surface area contributed by atoms with Gasteiger partial charge in [-0.15, -0.1) is 0 Å². The number of rotatable bonds is 6. The number of nitrogens with zero attached hydrogens (tertiary/aromatic N) is 1. The number of hydrogen-bond donors (Lipinski definition) is 2. The second-order valence-corrected chi connectivity index (χ2v) is 6.73. The molecular weight excluding hydrogens is 282 g/mol. The Morgan fingerprint density at radius 1 is 1.18 bits per heavy atom. The van der Waals surface area contributed by atoms with E-state index in [2.05, 4.69) is 36.3 Å². The summed E-state index contributed by atoms with van der Waals surface area (Å²) in [6.07, 6.45) is 0.425. The molecule has 4 unspecified atom stereocenters. The van der Waals surface area contributed by atoms with Crippen LogP contribution in [0.15, 0.2) is 0 Å². The van der Waals surface area contributed by atoms with E-state index in [0.29, 0.717) is 6.54 Å². The molecule has 0 spiro atoms. The number of carbonyl (C=O) groups excluding carboxylic acids is 2. The van der Waals surface area contributed by atoms with E-state index in [1.807, 2.05) is 13.8 Å². The Morgan fingerprint density at radius 2 is 1.73 bits per heavy atom. The van der Waals surface area contributed by atoms with Crippen LogP contribution in [0.25, 0.3) is 0 Å². The largest absolute Gasteiger partial charge is 0.373 e. The summed E-state index contributed by atoms with van der Waals surface area (Å²) in [5, 5.41) is 5.67. The van der Waals surface area contributed by atoms with Crippen molar-refractivity contribution < 1.29 is 14.3 Å². The molecule has 0 aromatic heterocycles. The van der Waals surface area contributed by atoms with Gasteiger partial charge in [0.25, 0.3) is 0 Å². The third kappa shape index (κ3) is 5.93.